The van der Waals surface area contributed by atoms with Gasteiger partial charge in [-0.2, -0.15) is 0 Å². The molecule has 0 saturated carbocycles. The lowest BCUT2D eigenvalue weighted by Gasteiger charge is -2.20. The lowest BCUT2D eigenvalue weighted by atomic mass is 9.88. The summed E-state index contributed by atoms with van der Waals surface area (Å²) in [6, 6.07) is 0. The topological polar surface area (TPSA) is 63.1 Å². The number of carboxylic acids is 1. The van der Waals surface area contributed by atoms with Gasteiger partial charge in [-0.15, -0.1) is 0 Å². The minimum Gasteiger partial charge on any atom is -0.481 e. The highest BCUT2D eigenvalue weighted by Crippen LogP contribution is 2.23. The van der Waals surface area contributed by atoms with Crippen LogP contribution >= 0.6 is 0 Å². The molecule has 0 aliphatic rings. The van der Waals surface area contributed by atoms with E-state index in [0.717, 1.165) is 11.3 Å². The van der Waals surface area contributed by atoms with E-state index >= 15 is 0 Å². The van der Waals surface area contributed by atoms with E-state index in [1.165, 1.54) is 6.33 Å². The zero-order chi connectivity index (χ0) is 11.5. The summed E-state index contributed by atoms with van der Waals surface area (Å²) < 4.78 is 0. The first-order chi connectivity index (χ1) is 6.91. The van der Waals surface area contributed by atoms with Crippen LogP contribution in [0.4, 0.5) is 0 Å². The van der Waals surface area contributed by atoms with Gasteiger partial charge in [-0.3, -0.25) is 4.79 Å². The number of carbonyl (C=O) groups is 1. The van der Waals surface area contributed by atoms with Crippen molar-refractivity contribution in [2.45, 2.75) is 39.0 Å². The summed E-state index contributed by atoms with van der Waals surface area (Å²) in [5, 5.41) is 8.63. The first kappa shape index (κ1) is 11.6. The molecule has 0 saturated heterocycles. The fourth-order valence-electron chi connectivity index (χ4n) is 1.46. The molecule has 0 fully saturated rings. The molecular formula is C11H16N2O2. The number of aromatic nitrogens is 2. The van der Waals surface area contributed by atoms with Crippen LogP contribution in [0.2, 0.25) is 0 Å². The van der Waals surface area contributed by atoms with Gasteiger partial charge >= 0.3 is 5.97 Å². The summed E-state index contributed by atoms with van der Waals surface area (Å²) >= 11 is 0. The highest BCUT2D eigenvalue weighted by molar-refractivity contribution is 5.67. The summed E-state index contributed by atoms with van der Waals surface area (Å²) in [6.45, 7) is 6.17. The summed E-state index contributed by atoms with van der Waals surface area (Å²) in [5.41, 5.74) is 1.78. The molecule has 0 aliphatic heterocycles. The number of hydrogen-bond donors (Lipinski definition) is 1. The normalized spacial score (nSPS) is 11.4. The Morgan fingerprint density at radius 3 is 2.67 bits per heavy atom. The Balaban J connectivity index is 2.92. The minimum absolute atomic E-state index is 0.0726. The maximum absolute atomic E-state index is 10.5. The molecule has 0 amide bonds. The summed E-state index contributed by atoms with van der Waals surface area (Å²) in [5.74, 6) is -0.793. The molecule has 4 nitrogen and oxygen atoms in total. The Hall–Kier alpha value is -1.45. The van der Waals surface area contributed by atoms with Crippen molar-refractivity contribution in [2.24, 2.45) is 0 Å². The van der Waals surface area contributed by atoms with E-state index in [1.54, 1.807) is 6.20 Å². The summed E-state index contributed by atoms with van der Waals surface area (Å²) in [4.78, 5) is 18.6. The SMILES string of the molecule is CC(C)(C)c1ncncc1CCC(=O)O. The predicted molar refractivity (Wildman–Crippen MR) is 56.7 cm³/mol. The lowest BCUT2D eigenvalue weighted by molar-refractivity contribution is -0.136. The van der Waals surface area contributed by atoms with Crippen LogP contribution in [0.3, 0.4) is 0 Å². The molecule has 1 rings (SSSR count). The van der Waals surface area contributed by atoms with Crippen LogP contribution in [-0.4, -0.2) is 21.0 Å². The van der Waals surface area contributed by atoms with Gasteiger partial charge in [-0.05, 0) is 12.0 Å². The standard InChI is InChI=1S/C11H16N2O2/c1-11(2,3)10-8(4-5-9(14)15)6-12-7-13-10/h6-7H,4-5H2,1-3H3,(H,14,15). The summed E-state index contributed by atoms with van der Waals surface area (Å²) in [6.07, 6.45) is 3.82. The van der Waals surface area contributed by atoms with Crippen LogP contribution < -0.4 is 0 Å². The van der Waals surface area contributed by atoms with Crippen molar-refractivity contribution >= 4 is 5.97 Å². The molecule has 4 heteroatoms. The predicted octanol–water partition coefficient (Wildman–Crippen LogP) is 1.79. The smallest absolute Gasteiger partial charge is 0.303 e. The van der Waals surface area contributed by atoms with Gasteiger partial charge in [0.15, 0.2) is 0 Å². The molecule has 15 heavy (non-hydrogen) atoms. The molecule has 1 heterocycles. The Bertz CT molecular complexity index is 356. The van der Waals surface area contributed by atoms with Crippen molar-refractivity contribution in [1.82, 2.24) is 9.97 Å². The van der Waals surface area contributed by atoms with Crippen molar-refractivity contribution in [3.63, 3.8) is 0 Å². The molecule has 0 aliphatic carbocycles. The first-order valence-electron chi connectivity index (χ1n) is 4.92. The maximum atomic E-state index is 10.5. The van der Waals surface area contributed by atoms with Gasteiger partial charge in [-0.25, -0.2) is 9.97 Å². The van der Waals surface area contributed by atoms with Gasteiger partial charge in [0.2, 0.25) is 0 Å². The molecular weight excluding hydrogens is 192 g/mol. The zero-order valence-corrected chi connectivity index (χ0v) is 9.32. The number of aliphatic carboxylic acids is 1. The number of aryl methyl sites for hydroxylation is 1. The second kappa shape index (κ2) is 4.38. The van der Waals surface area contributed by atoms with Gasteiger partial charge < -0.3 is 5.11 Å². The molecule has 1 aromatic heterocycles. The Kier molecular flexibility index (Phi) is 3.39. The van der Waals surface area contributed by atoms with Crippen molar-refractivity contribution in [1.29, 1.82) is 0 Å². The highest BCUT2D eigenvalue weighted by atomic mass is 16.4. The van der Waals surface area contributed by atoms with E-state index in [4.69, 9.17) is 5.11 Å². The third kappa shape index (κ3) is 3.31. The maximum Gasteiger partial charge on any atom is 0.303 e. The molecule has 82 valence electrons. The van der Waals surface area contributed by atoms with E-state index in [2.05, 4.69) is 30.7 Å². The van der Waals surface area contributed by atoms with Crippen LogP contribution in [0.1, 0.15) is 38.4 Å². The quantitative estimate of drug-likeness (QED) is 0.822. The third-order valence-corrected chi connectivity index (χ3v) is 2.11. The molecule has 1 aromatic rings. The fourth-order valence-corrected chi connectivity index (χ4v) is 1.46. The molecule has 0 unspecified atom stereocenters. The number of carboxylic acid groups (broad SMARTS) is 1. The second-order valence-corrected chi connectivity index (χ2v) is 4.54. The molecule has 0 aromatic carbocycles. The molecule has 1 N–H and O–H groups in total. The van der Waals surface area contributed by atoms with E-state index < -0.39 is 5.97 Å². The van der Waals surface area contributed by atoms with Gasteiger partial charge in [0, 0.05) is 18.0 Å². The second-order valence-electron chi connectivity index (χ2n) is 4.54. The fraction of sp³-hybridized carbons (Fsp3) is 0.545. The van der Waals surface area contributed by atoms with Crippen LogP contribution in [0.5, 0.6) is 0 Å². The summed E-state index contributed by atoms with van der Waals surface area (Å²) in [7, 11) is 0. The van der Waals surface area contributed by atoms with Crippen molar-refractivity contribution in [3.05, 3.63) is 23.8 Å². The van der Waals surface area contributed by atoms with Gasteiger partial charge in [-0.1, -0.05) is 20.8 Å². The van der Waals surface area contributed by atoms with Gasteiger partial charge in [0.25, 0.3) is 0 Å². The van der Waals surface area contributed by atoms with Crippen LogP contribution in [0.15, 0.2) is 12.5 Å². The molecule has 0 spiro atoms. The lowest BCUT2D eigenvalue weighted by Crippen LogP contribution is -2.17. The Labute approximate surface area is 89.4 Å². The molecule has 0 bridgehead atoms. The average molecular weight is 208 g/mol. The Morgan fingerprint density at radius 1 is 1.47 bits per heavy atom. The van der Waals surface area contributed by atoms with Gasteiger partial charge in [0.05, 0.1) is 5.69 Å². The number of hydrogen-bond acceptors (Lipinski definition) is 3. The number of rotatable bonds is 3. The van der Waals surface area contributed by atoms with E-state index in [-0.39, 0.29) is 11.8 Å². The van der Waals surface area contributed by atoms with Crippen LogP contribution in [0, 0.1) is 0 Å². The number of nitrogens with zero attached hydrogens (tertiary/aromatic N) is 2. The molecule has 0 atom stereocenters. The first-order valence-corrected chi connectivity index (χ1v) is 4.92. The van der Waals surface area contributed by atoms with E-state index in [9.17, 15) is 4.79 Å². The van der Waals surface area contributed by atoms with Crippen molar-refractivity contribution in [2.75, 3.05) is 0 Å². The van der Waals surface area contributed by atoms with Crippen molar-refractivity contribution < 1.29 is 9.90 Å². The molecule has 0 radical (unpaired) electrons. The van der Waals surface area contributed by atoms with E-state index in [1.807, 2.05) is 0 Å². The van der Waals surface area contributed by atoms with Gasteiger partial charge in [0.1, 0.15) is 6.33 Å². The minimum atomic E-state index is -0.793. The van der Waals surface area contributed by atoms with Crippen molar-refractivity contribution in [3.8, 4) is 0 Å². The average Bonchev–Trinajstić information content (AvgIpc) is 2.13. The van der Waals surface area contributed by atoms with Crippen LogP contribution in [0.25, 0.3) is 0 Å². The monoisotopic (exact) mass is 208 g/mol. The largest absolute Gasteiger partial charge is 0.481 e. The van der Waals surface area contributed by atoms with E-state index in [0.29, 0.717) is 6.42 Å². The highest BCUT2D eigenvalue weighted by Gasteiger charge is 2.19. The third-order valence-electron chi connectivity index (χ3n) is 2.11. The zero-order valence-electron chi connectivity index (χ0n) is 9.32. The Morgan fingerprint density at radius 2 is 2.13 bits per heavy atom. The van der Waals surface area contributed by atoms with Crippen LogP contribution in [-0.2, 0) is 16.6 Å².